The maximum absolute atomic E-state index is 4.69. The van der Waals surface area contributed by atoms with E-state index >= 15 is 0 Å². The van der Waals surface area contributed by atoms with Crippen molar-refractivity contribution in [1.82, 2.24) is 29.9 Å². The van der Waals surface area contributed by atoms with Crippen molar-refractivity contribution in [3.05, 3.63) is 54.6 Å². The van der Waals surface area contributed by atoms with Gasteiger partial charge in [0.2, 0.25) is 0 Å². The maximum atomic E-state index is 4.69. The van der Waals surface area contributed by atoms with Gasteiger partial charge >= 0.3 is 0 Å². The van der Waals surface area contributed by atoms with Crippen LogP contribution in [-0.2, 0) is 12.5 Å². The molecule has 0 fully saturated rings. The van der Waals surface area contributed by atoms with Crippen LogP contribution in [0.5, 0.6) is 0 Å². The molecule has 7 nitrogen and oxygen atoms in total. The lowest BCUT2D eigenvalue weighted by Gasteiger charge is -2.18. The summed E-state index contributed by atoms with van der Waals surface area (Å²) in [5.41, 5.74) is 4.75. The van der Waals surface area contributed by atoms with Crippen molar-refractivity contribution in [2.24, 2.45) is 7.05 Å². The fourth-order valence-electron chi connectivity index (χ4n) is 2.77. The second-order valence-electron chi connectivity index (χ2n) is 7.57. The van der Waals surface area contributed by atoms with Gasteiger partial charge in [0.15, 0.2) is 5.82 Å². The third kappa shape index (κ3) is 3.62. The van der Waals surface area contributed by atoms with E-state index in [4.69, 9.17) is 0 Å². The van der Waals surface area contributed by atoms with E-state index in [9.17, 15) is 0 Å². The van der Waals surface area contributed by atoms with E-state index in [1.807, 2.05) is 49.9 Å². The molecule has 0 radical (unpaired) electrons. The van der Waals surface area contributed by atoms with Crippen molar-refractivity contribution in [1.29, 1.82) is 0 Å². The molecule has 0 atom stereocenters. The van der Waals surface area contributed by atoms with Crippen LogP contribution in [0, 0.1) is 0 Å². The van der Waals surface area contributed by atoms with Gasteiger partial charge in [-0.3, -0.25) is 9.67 Å². The molecule has 136 valence electrons. The number of hydrogen-bond donors (Lipinski definition) is 1. The van der Waals surface area contributed by atoms with E-state index in [2.05, 4.69) is 51.4 Å². The first kappa shape index (κ1) is 17.1. The van der Waals surface area contributed by atoms with Gasteiger partial charge < -0.3 is 5.32 Å². The molecule has 0 bridgehead atoms. The predicted molar refractivity (Wildman–Crippen MR) is 106 cm³/mol. The zero-order valence-electron chi connectivity index (χ0n) is 15.8. The summed E-state index contributed by atoms with van der Waals surface area (Å²) in [5, 5.41) is 15.7. The van der Waals surface area contributed by atoms with Crippen LogP contribution < -0.4 is 5.32 Å². The molecule has 1 N–H and O–H groups in total. The zero-order chi connectivity index (χ0) is 19.0. The maximum Gasteiger partial charge on any atom is 0.154 e. The molecule has 4 rings (SSSR count). The van der Waals surface area contributed by atoms with Gasteiger partial charge in [-0.05, 0) is 35.2 Å². The summed E-state index contributed by atoms with van der Waals surface area (Å²) < 4.78 is 1.77. The summed E-state index contributed by atoms with van der Waals surface area (Å²) in [6.07, 6.45) is 7.41. The van der Waals surface area contributed by atoms with E-state index < -0.39 is 0 Å². The van der Waals surface area contributed by atoms with Gasteiger partial charge in [-0.2, -0.15) is 10.2 Å². The number of aryl methyl sites for hydroxylation is 1. The molecular formula is C20H21N7. The van der Waals surface area contributed by atoms with Crippen molar-refractivity contribution in [2.75, 3.05) is 5.32 Å². The second-order valence-corrected chi connectivity index (χ2v) is 7.57. The van der Waals surface area contributed by atoms with Gasteiger partial charge in [0.25, 0.3) is 0 Å². The Labute approximate surface area is 157 Å². The van der Waals surface area contributed by atoms with Crippen LogP contribution in [-0.4, -0.2) is 29.9 Å². The van der Waals surface area contributed by atoms with Crippen molar-refractivity contribution < 1.29 is 0 Å². The number of pyridine rings is 2. The third-order valence-electron chi connectivity index (χ3n) is 4.35. The van der Waals surface area contributed by atoms with E-state index in [0.29, 0.717) is 11.6 Å². The lowest BCUT2D eigenvalue weighted by atomic mass is 9.89. The topological polar surface area (TPSA) is 81.4 Å². The predicted octanol–water partition coefficient (Wildman–Crippen LogP) is 3.86. The largest absolute Gasteiger partial charge is 0.323 e. The number of nitrogens with one attached hydrogen (secondary N) is 1. The SMILES string of the molecule is Cn1cc(-c2cnc3ccc(Nc4cc(C(C)(C)C)cnn4)nc3c2)cn1. The van der Waals surface area contributed by atoms with Gasteiger partial charge in [0.05, 0.1) is 23.4 Å². The Morgan fingerprint density at radius 3 is 2.52 bits per heavy atom. The molecule has 7 heteroatoms. The summed E-state index contributed by atoms with van der Waals surface area (Å²) in [6.45, 7) is 6.44. The molecule has 0 aliphatic rings. The fraction of sp³-hybridized carbons (Fsp3) is 0.250. The molecule has 0 amide bonds. The number of fused-ring (bicyclic) bond motifs is 1. The highest BCUT2D eigenvalue weighted by atomic mass is 15.2. The van der Waals surface area contributed by atoms with Gasteiger partial charge in [0.1, 0.15) is 5.82 Å². The Morgan fingerprint density at radius 2 is 1.78 bits per heavy atom. The molecule has 4 heterocycles. The Kier molecular flexibility index (Phi) is 4.07. The molecule has 0 saturated heterocycles. The number of aromatic nitrogens is 6. The Balaban J connectivity index is 1.67. The van der Waals surface area contributed by atoms with Crippen LogP contribution in [0.2, 0.25) is 0 Å². The van der Waals surface area contributed by atoms with Crippen molar-refractivity contribution in [3.63, 3.8) is 0 Å². The van der Waals surface area contributed by atoms with Crippen LogP contribution in [0.15, 0.2) is 49.1 Å². The molecule has 0 aliphatic carbocycles. The highest BCUT2D eigenvalue weighted by molar-refractivity contribution is 5.81. The smallest absolute Gasteiger partial charge is 0.154 e. The zero-order valence-corrected chi connectivity index (χ0v) is 15.8. The summed E-state index contributed by atoms with van der Waals surface area (Å²) in [6, 6.07) is 7.86. The van der Waals surface area contributed by atoms with E-state index in [0.717, 1.165) is 27.7 Å². The number of nitrogens with zero attached hydrogens (tertiary/aromatic N) is 6. The van der Waals surface area contributed by atoms with Crippen LogP contribution in [0.3, 0.4) is 0 Å². The average Bonchev–Trinajstić information content (AvgIpc) is 3.07. The van der Waals surface area contributed by atoms with Crippen molar-refractivity contribution in [3.8, 4) is 11.1 Å². The van der Waals surface area contributed by atoms with Crippen LogP contribution in [0.25, 0.3) is 22.2 Å². The highest BCUT2D eigenvalue weighted by Gasteiger charge is 2.15. The molecule has 4 aromatic heterocycles. The minimum absolute atomic E-state index is 0.00568. The van der Waals surface area contributed by atoms with Gasteiger partial charge in [-0.15, -0.1) is 5.10 Å². The molecule has 0 aliphatic heterocycles. The van der Waals surface area contributed by atoms with Gasteiger partial charge in [0, 0.05) is 30.6 Å². The van der Waals surface area contributed by atoms with Gasteiger partial charge in [-0.25, -0.2) is 4.98 Å². The summed E-state index contributed by atoms with van der Waals surface area (Å²) in [4.78, 5) is 9.19. The Hall–Kier alpha value is -3.35. The van der Waals surface area contributed by atoms with E-state index in [1.165, 1.54) is 0 Å². The van der Waals surface area contributed by atoms with Crippen molar-refractivity contribution >= 4 is 22.7 Å². The molecular weight excluding hydrogens is 338 g/mol. The Morgan fingerprint density at radius 1 is 0.926 bits per heavy atom. The molecule has 0 saturated carbocycles. The molecule has 0 aromatic carbocycles. The highest BCUT2D eigenvalue weighted by Crippen LogP contribution is 2.25. The lowest BCUT2D eigenvalue weighted by Crippen LogP contribution is -2.12. The third-order valence-corrected chi connectivity index (χ3v) is 4.35. The van der Waals surface area contributed by atoms with Crippen LogP contribution in [0.1, 0.15) is 26.3 Å². The standard InChI is InChI=1S/C20H21N7/c1-20(2,3)15-8-19(26-22-11-15)25-18-6-5-16-17(24-18)7-13(9-21-16)14-10-23-27(4)12-14/h5-12H,1-4H3,(H,24,25,26). The quantitative estimate of drug-likeness (QED) is 0.598. The molecule has 0 unspecified atom stereocenters. The minimum Gasteiger partial charge on any atom is -0.323 e. The Bertz CT molecular complexity index is 1110. The van der Waals surface area contributed by atoms with Gasteiger partial charge in [-0.1, -0.05) is 20.8 Å². The molecule has 0 spiro atoms. The first-order valence-corrected chi connectivity index (χ1v) is 8.74. The van der Waals surface area contributed by atoms with Crippen molar-refractivity contribution in [2.45, 2.75) is 26.2 Å². The average molecular weight is 359 g/mol. The lowest BCUT2D eigenvalue weighted by molar-refractivity contribution is 0.585. The van der Waals surface area contributed by atoms with Crippen LogP contribution >= 0.6 is 0 Å². The monoisotopic (exact) mass is 359 g/mol. The summed E-state index contributed by atoms with van der Waals surface area (Å²) in [5.74, 6) is 1.37. The summed E-state index contributed by atoms with van der Waals surface area (Å²) >= 11 is 0. The first-order chi connectivity index (χ1) is 12.9. The van der Waals surface area contributed by atoms with E-state index in [1.54, 1.807) is 10.9 Å². The summed E-state index contributed by atoms with van der Waals surface area (Å²) in [7, 11) is 1.89. The minimum atomic E-state index is 0.00568. The number of rotatable bonds is 3. The molecule has 27 heavy (non-hydrogen) atoms. The number of anilines is 2. The van der Waals surface area contributed by atoms with Crippen LogP contribution in [0.4, 0.5) is 11.6 Å². The molecule has 4 aromatic rings. The fourth-order valence-corrected chi connectivity index (χ4v) is 2.77. The normalized spacial score (nSPS) is 11.7. The first-order valence-electron chi connectivity index (χ1n) is 8.74. The van der Waals surface area contributed by atoms with E-state index in [-0.39, 0.29) is 5.41 Å². The second kappa shape index (κ2) is 6.42. The number of hydrogen-bond acceptors (Lipinski definition) is 6.